The first kappa shape index (κ1) is 20.8. The van der Waals surface area contributed by atoms with Crippen LogP contribution in [-0.2, 0) is 4.74 Å². The average molecular weight is 446 g/mol. The van der Waals surface area contributed by atoms with Crippen LogP contribution in [0.3, 0.4) is 0 Å². The monoisotopic (exact) mass is 445 g/mol. The molecule has 0 saturated carbocycles. The Balaban J connectivity index is 1.74. The number of nitrogens with zero attached hydrogens (tertiary/aromatic N) is 1. The lowest BCUT2D eigenvalue weighted by atomic mass is 9.97. The standard InChI is InChI=1S/C22H28BrN3O2/c1-14(2)18-11-21(26-20-10-17(23)5-4-15(20)3)24-13-19(18)22(27)25-12-16-6-8-28-9-7-16/h4-5,10-11,13-14,16H,6-9,12H2,1-3H3,(H,24,26)(H,25,27). The number of nitrogens with one attached hydrogen (secondary N) is 2. The highest BCUT2D eigenvalue weighted by Gasteiger charge is 2.19. The molecule has 1 fully saturated rings. The first-order chi connectivity index (χ1) is 13.4. The van der Waals surface area contributed by atoms with E-state index >= 15 is 0 Å². The second-order valence-corrected chi connectivity index (χ2v) is 8.58. The van der Waals surface area contributed by atoms with Crippen LogP contribution in [0.5, 0.6) is 0 Å². The van der Waals surface area contributed by atoms with Crippen LogP contribution in [0.25, 0.3) is 0 Å². The largest absolute Gasteiger partial charge is 0.381 e. The van der Waals surface area contributed by atoms with E-state index in [1.165, 1.54) is 0 Å². The molecule has 150 valence electrons. The summed E-state index contributed by atoms with van der Waals surface area (Å²) in [4.78, 5) is 17.3. The van der Waals surface area contributed by atoms with E-state index in [2.05, 4.69) is 52.3 Å². The molecule has 1 aromatic heterocycles. The van der Waals surface area contributed by atoms with Gasteiger partial charge in [-0.2, -0.15) is 0 Å². The molecule has 1 amide bonds. The summed E-state index contributed by atoms with van der Waals surface area (Å²) >= 11 is 3.51. The molecule has 0 spiro atoms. The first-order valence-corrected chi connectivity index (χ1v) is 10.6. The van der Waals surface area contributed by atoms with Gasteiger partial charge in [0.05, 0.1) is 5.56 Å². The summed E-state index contributed by atoms with van der Waals surface area (Å²) in [6.45, 7) is 8.51. The number of hydrogen-bond donors (Lipinski definition) is 2. The lowest BCUT2D eigenvalue weighted by Crippen LogP contribution is -2.32. The third-order valence-corrected chi connectivity index (χ3v) is 5.65. The smallest absolute Gasteiger partial charge is 0.253 e. The number of aryl methyl sites for hydroxylation is 1. The zero-order valence-electron chi connectivity index (χ0n) is 16.7. The minimum Gasteiger partial charge on any atom is -0.381 e. The molecular formula is C22H28BrN3O2. The van der Waals surface area contributed by atoms with E-state index in [0.29, 0.717) is 18.0 Å². The van der Waals surface area contributed by atoms with Crippen LogP contribution in [0.4, 0.5) is 11.5 Å². The normalized spacial score (nSPS) is 14.9. The summed E-state index contributed by atoms with van der Waals surface area (Å²) in [5.41, 5.74) is 3.77. The summed E-state index contributed by atoms with van der Waals surface area (Å²) in [6.07, 6.45) is 3.69. The van der Waals surface area contributed by atoms with E-state index in [9.17, 15) is 4.79 Å². The highest BCUT2D eigenvalue weighted by atomic mass is 79.9. The predicted molar refractivity (Wildman–Crippen MR) is 116 cm³/mol. The van der Waals surface area contributed by atoms with Gasteiger partial charge in [-0.1, -0.05) is 35.8 Å². The van der Waals surface area contributed by atoms with Crippen LogP contribution in [-0.4, -0.2) is 30.6 Å². The fourth-order valence-electron chi connectivity index (χ4n) is 3.36. The number of ether oxygens (including phenoxy) is 1. The Hall–Kier alpha value is -1.92. The van der Waals surface area contributed by atoms with E-state index in [1.54, 1.807) is 6.20 Å². The van der Waals surface area contributed by atoms with Crippen molar-refractivity contribution in [2.24, 2.45) is 5.92 Å². The van der Waals surface area contributed by atoms with Gasteiger partial charge in [0.2, 0.25) is 0 Å². The van der Waals surface area contributed by atoms with Crippen molar-refractivity contribution < 1.29 is 9.53 Å². The number of carbonyl (C=O) groups is 1. The molecule has 28 heavy (non-hydrogen) atoms. The maximum absolute atomic E-state index is 12.8. The quantitative estimate of drug-likeness (QED) is 0.642. The van der Waals surface area contributed by atoms with Crippen LogP contribution in [0, 0.1) is 12.8 Å². The van der Waals surface area contributed by atoms with Crippen molar-refractivity contribution in [2.45, 2.75) is 39.5 Å². The van der Waals surface area contributed by atoms with E-state index in [1.807, 2.05) is 24.3 Å². The molecule has 1 saturated heterocycles. The highest BCUT2D eigenvalue weighted by molar-refractivity contribution is 9.10. The van der Waals surface area contributed by atoms with Crippen molar-refractivity contribution in [3.8, 4) is 0 Å². The summed E-state index contributed by atoms with van der Waals surface area (Å²) in [5.74, 6) is 1.41. The molecule has 2 heterocycles. The average Bonchev–Trinajstić information content (AvgIpc) is 2.69. The van der Waals surface area contributed by atoms with E-state index < -0.39 is 0 Å². The lowest BCUT2D eigenvalue weighted by molar-refractivity contribution is 0.0642. The molecule has 3 rings (SSSR count). The molecule has 0 bridgehead atoms. The Kier molecular flexibility index (Phi) is 7.08. The molecule has 0 atom stereocenters. The summed E-state index contributed by atoms with van der Waals surface area (Å²) < 4.78 is 6.39. The Morgan fingerprint density at radius 1 is 1.29 bits per heavy atom. The van der Waals surface area contributed by atoms with E-state index in [0.717, 1.165) is 53.2 Å². The molecule has 6 heteroatoms. The van der Waals surface area contributed by atoms with Gasteiger partial charge in [0, 0.05) is 36.1 Å². The fraction of sp³-hybridized carbons (Fsp3) is 0.455. The van der Waals surface area contributed by atoms with Gasteiger partial charge in [-0.3, -0.25) is 4.79 Å². The van der Waals surface area contributed by atoms with Crippen molar-refractivity contribution >= 4 is 33.3 Å². The van der Waals surface area contributed by atoms with Crippen LogP contribution >= 0.6 is 15.9 Å². The predicted octanol–water partition coefficient (Wildman–Crippen LogP) is 5.18. The first-order valence-electron chi connectivity index (χ1n) is 9.83. The number of amides is 1. The van der Waals surface area contributed by atoms with Gasteiger partial charge < -0.3 is 15.4 Å². The van der Waals surface area contributed by atoms with Crippen molar-refractivity contribution in [2.75, 3.05) is 25.1 Å². The zero-order chi connectivity index (χ0) is 20.1. The van der Waals surface area contributed by atoms with Crippen molar-refractivity contribution in [1.82, 2.24) is 10.3 Å². The van der Waals surface area contributed by atoms with Gasteiger partial charge >= 0.3 is 0 Å². The third-order valence-electron chi connectivity index (χ3n) is 5.16. The molecule has 1 aliphatic heterocycles. The number of halogens is 1. The number of aromatic nitrogens is 1. The lowest BCUT2D eigenvalue weighted by Gasteiger charge is -2.22. The minimum atomic E-state index is -0.0483. The molecule has 0 radical (unpaired) electrons. The summed E-state index contributed by atoms with van der Waals surface area (Å²) in [5, 5.41) is 6.46. The maximum atomic E-state index is 12.8. The maximum Gasteiger partial charge on any atom is 0.253 e. The fourth-order valence-corrected chi connectivity index (χ4v) is 3.72. The number of rotatable bonds is 6. The Morgan fingerprint density at radius 2 is 2.04 bits per heavy atom. The summed E-state index contributed by atoms with van der Waals surface area (Å²) in [7, 11) is 0. The molecule has 2 N–H and O–H groups in total. The highest BCUT2D eigenvalue weighted by Crippen LogP contribution is 2.27. The SMILES string of the molecule is Cc1ccc(Br)cc1Nc1cc(C(C)C)c(C(=O)NCC2CCOCC2)cn1. The van der Waals surface area contributed by atoms with Crippen molar-refractivity contribution in [3.63, 3.8) is 0 Å². The van der Waals surface area contributed by atoms with Gasteiger partial charge in [-0.25, -0.2) is 4.98 Å². The minimum absolute atomic E-state index is 0.0483. The van der Waals surface area contributed by atoms with Crippen LogP contribution in [0.2, 0.25) is 0 Å². The number of benzene rings is 1. The number of pyridine rings is 1. The van der Waals surface area contributed by atoms with E-state index in [-0.39, 0.29) is 11.8 Å². The molecule has 1 aliphatic rings. The van der Waals surface area contributed by atoms with Gasteiger partial charge in [-0.15, -0.1) is 0 Å². The number of hydrogen-bond acceptors (Lipinski definition) is 4. The van der Waals surface area contributed by atoms with Gasteiger partial charge in [0.25, 0.3) is 5.91 Å². The molecule has 0 unspecified atom stereocenters. The van der Waals surface area contributed by atoms with Crippen LogP contribution in [0.15, 0.2) is 34.9 Å². The van der Waals surface area contributed by atoms with Crippen molar-refractivity contribution in [1.29, 1.82) is 0 Å². The van der Waals surface area contributed by atoms with Gasteiger partial charge in [0.1, 0.15) is 5.82 Å². The van der Waals surface area contributed by atoms with Gasteiger partial charge in [0.15, 0.2) is 0 Å². The van der Waals surface area contributed by atoms with E-state index in [4.69, 9.17) is 4.74 Å². The topological polar surface area (TPSA) is 63.2 Å². The molecule has 5 nitrogen and oxygen atoms in total. The second-order valence-electron chi connectivity index (χ2n) is 7.66. The van der Waals surface area contributed by atoms with Crippen LogP contribution < -0.4 is 10.6 Å². The Bertz CT molecular complexity index is 833. The second kappa shape index (κ2) is 9.52. The number of anilines is 2. The zero-order valence-corrected chi connectivity index (χ0v) is 18.3. The Morgan fingerprint density at radius 3 is 2.75 bits per heavy atom. The summed E-state index contributed by atoms with van der Waals surface area (Å²) in [6, 6.07) is 8.07. The molecule has 2 aromatic rings. The number of carbonyl (C=O) groups excluding carboxylic acids is 1. The Labute approximate surface area is 175 Å². The molecule has 1 aromatic carbocycles. The van der Waals surface area contributed by atoms with Crippen molar-refractivity contribution in [3.05, 3.63) is 51.6 Å². The third kappa shape index (κ3) is 5.32. The van der Waals surface area contributed by atoms with Crippen LogP contribution in [0.1, 0.15) is 54.1 Å². The molecular weight excluding hydrogens is 418 g/mol. The molecule has 0 aliphatic carbocycles. The van der Waals surface area contributed by atoms with Gasteiger partial charge in [-0.05, 0) is 60.9 Å².